The first-order valence-electron chi connectivity index (χ1n) is 5.26. The first-order valence-corrected chi connectivity index (χ1v) is 5.26. The highest BCUT2D eigenvalue weighted by Crippen LogP contribution is 2.29. The Bertz CT molecular complexity index is 464. The molecular formula is C10H10F3N3O2. The van der Waals surface area contributed by atoms with Gasteiger partial charge in [-0.1, -0.05) is 0 Å². The van der Waals surface area contributed by atoms with Crippen LogP contribution in [0, 0.1) is 5.92 Å². The van der Waals surface area contributed by atoms with Crippen LogP contribution in [0.1, 0.15) is 12.1 Å². The molecule has 0 spiro atoms. The zero-order valence-corrected chi connectivity index (χ0v) is 9.18. The minimum atomic E-state index is -4.52. The van der Waals surface area contributed by atoms with Gasteiger partial charge in [-0.25, -0.2) is 9.97 Å². The average Bonchev–Trinajstić information content (AvgIpc) is 2.77. The highest BCUT2D eigenvalue weighted by Gasteiger charge is 2.34. The van der Waals surface area contributed by atoms with Crippen molar-refractivity contribution in [3.05, 3.63) is 18.0 Å². The summed E-state index contributed by atoms with van der Waals surface area (Å²) in [4.78, 5) is 19.4. The van der Waals surface area contributed by atoms with Gasteiger partial charge in [0.1, 0.15) is 5.69 Å². The molecule has 1 fully saturated rings. The van der Waals surface area contributed by atoms with Gasteiger partial charge in [-0.15, -0.1) is 0 Å². The Morgan fingerprint density at radius 3 is 2.78 bits per heavy atom. The lowest BCUT2D eigenvalue weighted by molar-refractivity contribution is -0.142. The van der Waals surface area contributed by atoms with E-state index in [4.69, 9.17) is 5.11 Å². The summed E-state index contributed by atoms with van der Waals surface area (Å²) < 4.78 is 37.4. The van der Waals surface area contributed by atoms with Crippen LogP contribution in [0.4, 0.5) is 19.1 Å². The predicted octanol–water partition coefficient (Wildman–Crippen LogP) is 1.41. The normalized spacial score (nSPS) is 20.2. The molecule has 1 atom stereocenters. The Kier molecular flexibility index (Phi) is 3.10. The van der Waals surface area contributed by atoms with Gasteiger partial charge >= 0.3 is 12.1 Å². The number of anilines is 1. The third-order valence-corrected chi connectivity index (χ3v) is 2.75. The van der Waals surface area contributed by atoms with Crippen LogP contribution in [0.25, 0.3) is 0 Å². The number of carbonyl (C=O) groups is 1. The molecule has 98 valence electrons. The fraction of sp³-hybridized carbons (Fsp3) is 0.500. The van der Waals surface area contributed by atoms with Crippen LogP contribution in [0.3, 0.4) is 0 Å². The van der Waals surface area contributed by atoms with E-state index in [-0.39, 0.29) is 12.5 Å². The maximum atomic E-state index is 12.5. The van der Waals surface area contributed by atoms with E-state index in [1.54, 1.807) is 0 Å². The molecule has 0 aromatic carbocycles. The Morgan fingerprint density at radius 2 is 2.22 bits per heavy atom. The average molecular weight is 261 g/mol. The second-order valence-corrected chi connectivity index (χ2v) is 4.01. The molecular weight excluding hydrogens is 251 g/mol. The largest absolute Gasteiger partial charge is 0.481 e. The zero-order valence-electron chi connectivity index (χ0n) is 9.18. The minimum Gasteiger partial charge on any atom is -0.481 e. The van der Waals surface area contributed by atoms with Crippen molar-refractivity contribution in [2.75, 3.05) is 18.0 Å². The van der Waals surface area contributed by atoms with Gasteiger partial charge in [-0.3, -0.25) is 4.79 Å². The van der Waals surface area contributed by atoms with E-state index >= 15 is 0 Å². The molecule has 2 rings (SSSR count). The lowest BCUT2D eigenvalue weighted by Gasteiger charge is -2.16. The van der Waals surface area contributed by atoms with E-state index in [2.05, 4.69) is 9.97 Å². The second kappa shape index (κ2) is 4.43. The number of carboxylic acids is 1. The first-order chi connectivity index (χ1) is 8.38. The number of hydrogen-bond donors (Lipinski definition) is 1. The molecule has 1 aliphatic heterocycles. The van der Waals surface area contributed by atoms with Gasteiger partial charge in [-0.05, 0) is 12.5 Å². The second-order valence-electron chi connectivity index (χ2n) is 4.01. The summed E-state index contributed by atoms with van der Waals surface area (Å²) in [6.07, 6.45) is -3.11. The van der Waals surface area contributed by atoms with Gasteiger partial charge in [-0.2, -0.15) is 13.2 Å². The van der Waals surface area contributed by atoms with E-state index < -0.39 is 23.8 Å². The molecule has 0 radical (unpaired) electrons. The van der Waals surface area contributed by atoms with Gasteiger partial charge in [0.15, 0.2) is 0 Å². The third kappa shape index (κ3) is 2.52. The molecule has 1 aromatic heterocycles. The summed E-state index contributed by atoms with van der Waals surface area (Å²) in [5.41, 5.74) is -1.02. The van der Waals surface area contributed by atoms with Crippen LogP contribution in [-0.4, -0.2) is 34.1 Å². The van der Waals surface area contributed by atoms with Gasteiger partial charge in [0.2, 0.25) is 5.95 Å². The van der Waals surface area contributed by atoms with Crippen molar-refractivity contribution in [3.63, 3.8) is 0 Å². The minimum absolute atomic E-state index is 0.0754. The van der Waals surface area contributed by atoms with Gasteiger partial charge in [0, 0.05) is 19.3 Å². The molecule has 1 aliphatic rings. The Morgan fingerprint density at radius 1 is 1.50 bits per heavy atom. The van der Waals surface area contributed by atoms with Crippen LogP contribution in [0.5, 0.6) is 0 Å². The number of aromatic nitrogens is 2. The lowest BCUT2D eigenvalue weighted by Crippen LogP contribution is -2.25. The van der Waals surface area contributed by atoms with E-state index in [0.717, 1.165) is 12.3 Å². The third-order valence-electron chi connectivity index (χ3n) is 2.75. The molecule has 18 heavy (non-hydrogen) atoms. The van der Waals surface area contributed by atoms with Gasteiger partial charge < -0.3 is 10.0 Å². The van der Waals surface area contributed by atoms with Crippen molar-refractivity contribution in [2.24, 2.45) is 5.92 Å². The number of rotatable bonds is 2. The first kappa shape index (κ1) is 12.6. The summed E-state index contributed by atoms with van der Waals surface area (Å²) >= 11 is 0. The van der Waals surface area contributed by atoms with Crippen molar-refractivity contribution in [2.45, 2.75) is 12.6 Å². The summed E-state index contributed by atoms with van der Waals surface area (Å²) in [7, 11) is 0. The molecule has 0 aliphatic carbocycles. The van der Waals surface area contributed by atoms with E-state index in [1.807, 2.05) is 0 Å². The number of carboxylic acid groups (broad SMARTS) is 1. The molecule has 1 aromatic rings. The molecule has 2 heterocycles. The molecule has 1 N–H and O–H groups in total. The van der Waals surface area contributed by atoms with E-state index in [9.17, 15) is 18.0 Å². The maximum absolute atomic E-state index is 12.5. The molecule has 0 bridgehead atoms. The molecule has 5 nitrogen and oxygen atoms in total. The van der Waals surface area contributed by atoms with Crippen LogP contribution in [0.15, 0.2) is 12.3 Å². The number of hydrogen-bond acceptors (Lipinski definition) is 4. The highest BCUT2D eigenvalue weighted by molar-refractivity contribution is 5.71. The standard InChI is InChI=1S/C10H10F3N3O2/c11-10(12,13)7-1-3-14-9(15-7)16-4-2-6(5-16)8(17)18/h1,3,6H,2,4-5H2,(H,17,18). The van der Waals surface area contributed by atoms with Crippen LogP contribution in [0.2, 0.25) is 0 Å². The van der Waals surface area contributed by atoms with Crippen LogP contribution < -0.4 is 4.90 Å². The molecule has 0 saturated carbocycles. The van der Waals surface area contributed by atoms with Crippen molar-refractivity contribution in [1.29, 1.82) is 0 Å². The zero-order chi connectivity index (χ0) is 13.3. The van der Waals surface area contributed by atoms with Gasteiger partial charge in [0.25, 0.3) is 0 Å². The van der Waals surface area contributed by atoms with Crippen LogP contribution >= 0.6 is 0 Å². The Balaban J connectivity index is 2.18. The number of aliphatic carboxylic acids is 1. The number of halogens is 3. The highest BCUT2D eigenvalue weighted by atomic mass is 19.4. The Labute approximate surface area is 100 Å². The topological polar surface area (TPSA) is 66.3 Å². The maximum Gasteiger partial charge on any atom is 0.433 e. The summed E-state index contributed by atoms with van der Waals surface area (Å²) in [6.45, 7) is 0.481. The van der Waals surface area contributed by atoms with Crippen molar-refractivity contribution in [1.82, 2.24) is 9.97 Å². The monoisotopic (exact) mass is 261 g/mol. The van der Waals surface area contributed by atoms with Crippen molar-refractivity contribution in [3.8, 4) is 0 Å². The summed E-state index contributed by atoms with van der Waals surface area (Å²) in [6, 6.07) is 0.786. The summed E-state index contributed by atoms with van der Waals surface area (Å²) in [5.74, 6) is -1.61. The quantitative estimate of drug-likeness (QED) is 0.871. The summed E-state index contributed by atoms with van der Waals surface area (Å²) in [5, 5.41) is 8.81. The van der Waals surface area contributed by atoms with E-state index in [0.29, 0.717) is 13.0 Å². The Hall–Kier alpha value is -1.86. The SMILES string of the molecule is O=C(O)C1CCN(c2nccc(C(F)(F)F)n2)C1. The van der Waals surface area contributed by atoms with Crippen LogP contribution in [-0.2, 0) is 11.0 Å². The number of nitrogens with zero attached hydrogens (tertiary/aromatic N) is 3. The lowest BCUT2D eigenvalue weighted by atomic mass is 10.1. The number of alkyl halides is 3. The van der Waals surface area contributed by atoms with Gasteiger partial charge in [0.05, 0.1) is 5.92 Å². The fourth-order valence-electron chi connectivity index (χ4n) is 1.80. The molecule has 8 heteroatoms. The van der Waals surface area contributed by atoms with Crippen molar-refractivity contribution >= 4 is 11.9 Å². The van der Waals surface area contributed by atoms with E-state index in [1.165, 1.54) is 4.90 Å². The van der Waals surface area contributed by atoms with Crippen molar-refractivity contribution < 1.29 is 23.1 Å². The smallest absolute Gasteiger partial charge is 0.433 e. The molecule has 1 unspecified atom stereocenters. The molecule has 0 amide bonds. The molecule has 1 saturated heterocycles. The predicted molar refractivity (Wildman–Crippen MR) is 55.0 cm³/mol. The fourth-order valence-corrected chi connectivity index (χ4v) is 1.80.